The van der Waals surface area contributed by atoms with Gasteiger partial charge in [0.15, 0.2) is 0 Å². The molecule has 0 radical (unpaired) electrons. The third-order valence-corrected chi connectivity index (χ3v) is 0.613. The third-order valence-electron chi connectivity index (χ3n) is 0.613. The van der Waals surface area contributed by atoms with Gasteiger partial charge in [-0.25, -0.2) is 0 Å². The highest BCUT2D eigenvalue weighted by Crippen LogP contribution is 1.67. The fourth-order valence-electron chi connectivity index (χ4n) is 0.279. The van der Waals surface area contributed by atoms with E-state index < -0.39 is 0 Å². The Hall–Kier alpha value is -0.520. The Morgan fingerprint density at radius 2 is 2.00 bits per heavy atom. The maximum absolute atomic E-state index is 5.14. The molecule has 0 rings (SSSR count). The summed E-state index contributed by atoms with van der Waals surface area (Å²) in [5, 5.41) is 0. The van der Waals surface area contributed by atoms with Gasteiger partial charge in [-0.3, -0.25) is 0 Å². The van der Waals surface area contributed by atoms with E-state index in [0.29, 0.717) is 19.8 Å². The van der Waals surface area contributed by atoms with Gasteiger partial charge in [-0.15, -0.1) is 5.92 Å². The smallest absolute Gasteiger partial charge is 0.107 e. The number of hydrogen-bond donors (Lipinski definition) is 1. The fraction of sp³-hybridized carbons (Fsp3) is 0.750. The van der Waals surface area contributed by atoms with Crippen molar-refractivity contribution in [3.8, 4) is 11.8 Å². The molecule has 0 aromatic heterocycles. The molecular formula is C8H17NO. The Bertz CT molecular complexity index is 91.2. The average Bonchev–Trinajstić information content (AvgIpc) is 2.02. The molecule has 2 nitrogen and oxygen atoms in total. The predicted molar refractivity (Wildman–Crippen MR) is 44.7 cm³/mol. The monoisotopic (exact) mass is 143 g/mol. The maximum Gasteiger partial charge on any atom is 0.107 e. The molecule has 0 aliphatic rings. The molecule has 0 amide bonds. The lowest BCUT2D eigenvalue weighted by Crippen LogP contribution is -2.08. The summed E-state index contributed by atoms with van der Waals surface area (Å²) >= 11 is 0. The van der Waals surface area contributed by atoms with Crippen LogP contribution in [0.4, 0.5) is 0 Å². The van der Waals surface area contributed by atoms with Crippen molar-refractivity contribution in [1.82, 2.24) is 0 Å². The number of hydrogen-bond acceptors (Lipinski definition) is 2. The van der Waals surface area contributed by atoms with E-state index in [1.165, 1.54) is 0 Å². The van der Waals surface area contributed by atoms with Crippen molar-refractivity contribution in [3.63, 3.8) is 0 Å². The van der Waals surface area contributed by atoms with E-state index in [9.17, 15) is 0 Å². The van der Waals surface area contributed by atoms with Crippen LogP contribution in [-0.2, 0) is 4.74 Å². The van der Waals surface area contributed by atoms with Gasteiger partial charge in [0.05, 0.1) is 6.61 Å². The minimum Gasteiger partial charge on any atom is -0.367 e. The second-order valence-electron chi connectivity index (χ2n) is 1.27. The van der Waals surface area contributed by atoms with Crippen LogP contribution in [0.5, 0.6) is 0 Å². The van der Waals surface area contributed by atoms with Gasteiger partial charge in [0, 0.05) is 6.54 Å². The van der Waals surface area contributed by atoms with Gasteiger partial charge in [0.25, 0.3) is 0 Å². The van der Waals surface area contributed by atoms with Crippen molar-refractivity contribution in [1.29, 1.82) is 0 Å². The van der Waals surface area contributed by atoms with Crippen LogP contribution >= 0.6 is 0 Å². The van der Waals surface area contributed by atoms with Crippen LogP contribution in [0, 0.1) is 11.8 Å². The van der Waals surface area contributed by atoms with Crippen molar-refractivity contribution in [2.45, 2.75) is 20.8 Å². The van der Waals surface area contributed by atoms with Crippen LogP contribution in [0.15, 0.2) is 0 Å². The van der Waals surface area contributed by atoms with E-state index in [1.807, 2.05) is 13.8 Å². The van der Waals surface area contributed by atoms with Crippen LogP contribution in [0.3, 0.4) is 0 Å². The minimum absolute atomic E-state index is 0.508. The van der Waals surface area contributed by atoms with Gasteiger partial charge in [0.2, 0.25) is 0 Å². The highest BCUT2D eigenvalue weighted by Gasteiger charge is 1.75. The number of ether oxygens (including phenoxy) is 1. The van der Waals surface area contributed by atoms with Gasteiger partial charge in [-0.1, -0.05) is 19.8 Å². The van der Waals surface area contributed by atoms with Gasteiger partial charge < -0.3 is 10.5 Å². The van der Waals surface area contributed by atoms with Gasteiger partial charge >= 0.3 is 0 Å². The van der Waals surface area contributed by atoms with Gasteiger partial charge in [-0.2, -0.15) is 0 Å². The molecule has 2 heteroatoms. The Morgan fingerprint density at radius 1 is 1.40 bits per heavy atom. The highest BCUT2D eigenvalue weighted by molar-refractivity contribution is 4.94. The normalized spacial score (nSPS) is 6.80. The topological polar surface area (TPSA) is 35.2 Å². The number of nitrogens with two attached hydrogens (primary N) is 1. The van der Waals surface area contributed by atoms with E-state index >= 15 is 0 Å². The summed E-state index contributed by atoms with van der Waals surface area (Å²) in [6.45, 7) is 7.47. The van der Waals surface area contributed by atoms with E-state index in [2.05, 4.69) is 11.8 Å². The Labute approximate surface area is 63.8 Å². The molecule has 0 aliphatic heterocycles. The van der Waals surface area contributed by atoms with Crippen molar-refractivity contribution >= 4 is 0 Å². The quantitative estimate of drug-likeness (QED) is 0.472. The molecule has 0 saturated carbocycles. The van der Waals surface area contributed by atoms with Crippen LogP contribution < -0.4 is 5.73 Å². The zero-order valence-electron chi connectivity index (χ0n) is 7.11. The molecule has 0 fully saturated rings. The predicted octanol–water partition coefficient (Wildman–Crippen LogP) is 1.01. The summed E-state index contributed by atoms with van der Waals surface area (Å²) in [5.41, 5.74) is 5.14. The molecule has 0 bridgehead atoms. The standard InChI is InChI=1S/C6H11NO.C2H6/c1-2-3-5-8-6-4-7;1-2/h4-7H2,1H3;1-2H3. The first kappa shape index (κ1) is 12.2. The summed E-state index contributed by atoms with van der Waals surface area (Å²) in [6, 6.07) is 0. The first-order valence-corrected chi connectivity index (χ1v) is 3.59. The molecule has 0 aromatic carbocycles. The molecule has 0 spiro atoms. The second kappa shape index (κ2) is 15.8. The van der Waals surface area contributed by atoms with Crippen molar-refractivity contribution in [2.75, 3.05) is 19.8 Å². The van der Waals surface area contributed by atoms with Crippen LogP contribution in [0.25, 0.3) is 0 Å². The molecule has 0 saturated heterocycles. The molecule has 0 unspecified atom stereocenters. The molecule has 60 valence electrons. The average molecular weight is 143 g/mol. The summed E-state index contributed by atoms with van der Waals surface area (Å²) in [5.74, 6) is 5.47. The van der Waals surface area contributed by atoms with Crippen LogP contribution in [0.1, 0.15) is 20.8 Å². The lowest BCUT2D eigenvalue weighted by Gasteiger charge is -1.91. The first-order chi connectivity index (χ1) is 4.91. The summed E-state index contributed by atoms with van der Waals surface area (Å²) < 4.78 is 4.92. The second-order valence-corrected chi connectivity index (χ2v) is 1.27. The maximum atomic E-state index is 5.14. The Morgan fingerprint density at radius 3 is 2.40 bits per heavy atom. The molecule has 0 aromatic rings. The van der Waals surface area contributed by atoms with E-state index in [-0.39, 0.29) is 0 Å². The largest absolute Gasteiger partial charge is 0.367 e. The lowest BCUT2D eigenvalue weighted by molar-refractivity contribution is 0.175. The van der Waals surface area contributed by atoms with Crippen LogP contribution in [-0.4, -0.2) is 19.8 Å². The SMILES string of the molecule is CC.CC#CCOCCN. The van der Waals surface area contributed by atoms with Crippen molar-refractivity contribution in [3.05, 3.63) is 0 Å². The zero-order chi connectivity index (χ0) is 8.24. The Balaban J connectivity index is 0. The lowest BCUT2D eigenvalue weighted by atomic mass is 10.6. The molecular weight excluding hydrogens is 126 g/mol. The van der Waals surface area contributed by atoms with E-state index in [0.717, 1.165) is 0 Å². The minimum atomic E-state index is 0.508. The molecule has 10 heavy (non-hydrogen) atoms. The van der Waals surface area contributed by atoms with E-state index in [4.69, 9.17) is 10.5 Å². The first-order valence-electron chi connectivity index (χ1n) is 3.59. The van der Waals surface area contributed by atoms with Gasteiger partial charge in [-0.05, 0) is 6.92 Å². The summed E-state index contributed by atoms with van der Waals surface area (Å²) in [4.78, 5) is 0. The molecule has 0 atom stereocenters. The van der Waals surface area contributed by atoms with E-state index in [1.54, 1.807) is 6.92 Å². The number of rotatable bonds is 3. The summed E-state index contributed by atoms with van der Waals surface area (Å²) in [6.07, 6.45) is 0. The van der Waals surface area contributed by atoms with Gasteiger partial charge in [0.1, 0.15) is 6.61 Å². The summed E-state index contributed by atoms with van der Waals surface area (Å²) in [7, 11) is 0. The molecule has 0 aliphatic carbocycles. The van der Waals surface area contributed by atoms with Crippen molar-refractivity contribution < 1.29 is 4.74 Å². The Kier molecular flexibility index (Phi) is 19.3. The highest BCUT2D eigenvalue weighted by atomic mass is 16.5. The van der Waals surface area contributed by atoms with Crippen molar-refractivity contribution in [2.24, 2.45) is 5.73 Å². The molecule has 2 N–H and O–H groups in total. The zero-order valence-corrected chi connectivity index (χ0v) is 7.11. The molecule has 0 heterocycles. The third kappa shape index (κ3) is 15.6. The van der Waals surface area contributed by atoms with Crippen LogP contribution in [0.2, 0.25) is 0 Å². The fourth-order valence-corrected chi connectivity index (χ4v) is 0.279.